The first-order valence-electron chi connectivity index (χ1n) is 15.7. The molecule has 2 atom stereocenters. The summed E-state index contributed by atoms with van der Waals surface area (Å²) in [6.07, 6.45) is 0.533. The number of nitrogens with zero attached hydrogens (tertiary/aromatic N) is 8. The molecule has 4 heterocycles. The number of rotatable bonds is 9. The number of likely N-dealkylation sites (N-methyl/N-ethyl adjacent to an activating group) is 2. The molecule has 2 saturated heterocycles. The molecule has 1 amide bonds. The molecular weight excluding hydrogens is 607 g/mol. The molecular formula is C34H40ClFN8O2. The number of anilines is 2. The molecule has 242 valence electrons. The van der Waals surface area contributed by atoms with Gasteiger partial charge >= 0.3 is 6.01 Å². The van der Waals surface area contributed by atoms with E-state index in [4.69, 9.17) is 32.9 Å². The molecule has 10 nitrogen and oxygen atoms in total. The van der Waals surface area contributed by atoms with Crippen LogP contribution in [0.2, 0.25) is 5.02 Å². The van der Waals surface area contributed by atoms with Crippen LogP contribution in [0, 0.1) is 6.57 Å². The SMILES string of the molecule is [C-]#[N+]C[C@H]1CN(c2nc(O[C@@H](C)CN(C)C3CN(C)C3)nc3c2CCN(c2cccc4cccc(Cl)c24)C3)CCN1C(=O)C(=C)F. The van der Waals surface area contributed by atoms with Crippen LogP contribution in [0.15, 0.2) is 48.8 Å². The molecule has 6 rings (SSSR count). The van der Waals surface area contributed by atoms with Gasteiger partial charge in [-0.2, -0.15) is 9.97 Å². The fourth-order valence-electron chi connectivity index (χ4n) is 6.90. The lowest BCUT2D eigenvalue weighted by Crippen LogP contribution is -2.57. The molecule has 0 radical (unpaired) electrons. The third-order valence-corrected chi connectivity index (χ3v) is 9.61. The van der Waals surface area contributed by atoms with Crippen LogP contribution in [-0.4, -0.2) is 115 Å². The van der Waals surface area contributed by atoms with E-state index >= 15 is 0 Å². The van der Waals surface area contributed by atoms with Crippen molar-refractivity contribution in [3.8, 4) is 6.01 Å². The highest BCUT2D eigenvalue weighted by molar-refractivity contribution is 6.36. The number of fused-ring (bicyclic) bond motifs is 2. The predicted octanol–water partition coefficient (Wildman–Crippen LogP) is 4.28. The van der Waals surface area contributed by atoms with E-state index in [-0.39, 0.29) is 19.2 Å². The number of carbonyl (C=O) groups excluding carboxylic acids is 1. The Balaban J connectivity index is 1.32. The molecule has 2 aromatic carbocycles. The van der Waals surface area contributed by atoms with Gasteiger partial charge in [-0.1, -0.05) is 42.4 Å². The van der Waals surface area contributed by atoms with Crippen LogP contribution in [0.1, 0.15) is 18.2 Å². The molecule has 0 bridgehead atoms. The van der Waals surface area contributed by atoms with Gasteiger partial charge in [0.25, 0.3) is 5.91 Å². The van der Waals surface area contributed by atoms with Crippen molar-refractivity contribution >= 4 is 39.8 Å². The Bertz CT molecular complexity index is 1670. The molecule has 3 aliphatic heterocycles. The molecule has 0 spiro atoms. The first-order chi connectivity index (χ1) is 22.1. The van der Waals surface area contributed by atoms with E-state index in [2.05, 4.69) is 63.3 Å². The van der Waals surface area contributed by atoms with Crippen LogP contribution in [0.3, 0.4) is 0 Å². The Morgan fingerprint density at radius 3 is 2.65 bits per heavy atom. The normalized spacial score (nSPS) is 19.5. The average molecular weight is 647 g/mol. The van der Waals surface area contributed by atoms with E-state index in [1.807, 2.05) is 25.1 Å². The predicted molar refractivity (Wildman–Crippen MR) is 179 cm³/mol. The smallest absolute Gasteiger partial charge is 0.318 e. The van der Waals surface area contributed by atoms with Crippen LogP contribution in [-0.2, 0) is 17.8 Å². The monoisotopic (exact) mass is 646 g/mol. The molecule has 1 aromatic heterocycles. The maximum absolute atomic E-state index is 13.9. The summed E-state index contributed by atoms with van der Waals surface area (Å²) in [4.78, 5) is 36.5. The van der Waals surface area contributed by atoms with Crippen LogP contribution in [0.25, 0.3) is 15.6 Å². The van der Waals surface area contributed by atoms with Crippen molar-refractivity contribution in [1.82, 2.24) is 24.7 Å². The van der Waals surface area contributed by atoms with Crippen molar-refractivity contribution in [3.63, 3.8) is 0 Å². The zero-order valence-corrected chi connectivity index (χ0v) is 27.4. The molecule has 2 fully saturated rings. The summed E-state index contributed by atoms with van der Waals surface area (Å²) in [5, 5.41) is 2.79. The van der Waals surface area contributed by atoms with Gasteiger partial charge in [-0.25, -0.2) is 11.0 Å². The van der Waals surface area contributed by atoms with Crippen molar-refractivity contribution < 1.29 is 13.9 Å². The van der Waals surface area contributed by atoms with Gasteiger partial charge in [-0.3, -0.25) is 9.69 Å². The standard InChI is InChI=1S/C34H40ClFN8O2/c1-22(17-41(5)26-18-40(4)19-26)46-34-38-29-21-42(30-11-7-9-24-8-6-10-28(35)31(24)30)13-12-27(29)32(39-34)43-14-15-44(33(45)23(2)36)25(20-43)16-37-3/h6-11,22,25-26H,2,12-21H2,1,4-5H3/t22-,25-/m0/s1. The largest absolute Gasteiger partial charge is 0.459 e. The lowest BCUT2D eigenvalue weighted by atomic mass is 10.0. The van der Waals surface area contributed by atoms with E-state index in [0.29, 0.717) is 43.1 Å². The number of hydrogen-bond donors (Lipinski definition) is 0. The second kappa shape index (κ2) is 13.4. The van der Waals surface area contributed by atoms with Crippen LogP contribution >= 0.6 is 11.6 Å². The molecule has 0 unspecified atom stereocenters. The summed E-state index contributed by atoms with van der Waals surface area (Å²) in [6.45, 7) is 17.9. The number of halogens is 2. The third-order valence-electron chi connectivity index (χ3n) is 9.29. The zero-order valence-electron chi connectivity index (χ0n) is 26.6. The van der Waals surface area contributed by atoms with E-state index < -0.39 is 17.8 Å². The highest BCUT2D eigenvalue weighted by atomic mass is 35.5. The second-order valence-corrected chi connectivity index (χ2v) is 13.0. The number of likely N-dealkylation sites (tertiary alicyclic amines) is 1. The molecule has 3 aromatic rings. The Kier molecular flexibility index (Phi) is 9.32. The summed E-state index contributed by atoms with van der Waals surface area (Å²) in [5.74, 6) is -1.03. The first-order valence-corrected chi connectivity index (χ1v) is 16.1. The summed E-state index contributed by atoms with van der Waals surface area (Å²) in [6, 6.07) is 12.5. The summed E-state index contributed by atoms with van der Waals surface area (Å²) >= 11 is 6.71. The number of amides is 1. The van der Waals surface area contributed by atoms with Gasteiger partial charge < -0.3 is 29.2 Å². The number of ether oxygens (including phenoxy) is 1. The summed E-state index contributed by atoms with van der Waals surface area (Å²) in [5.41, 5.74) is 2.94. The fraction of sp³-hybridized carbons (Fsp3) is 0.471. The van der Waals surface area contributed by atoms with E-state index in [1.54, 1.807) is 0 Å². The highest BCUT2D eigenvalue weighted by Crippen LogP contribution is 2.37. The Morgan fingerprint density at radius 1 is 1.17 bits per heavy atom. The van der Waals surface area contributed by atoms with E-state index in [0.717, 1.165) is 59.7 Å². The molecule has 0 N–H and O–H groups in total. The summed E-state index contributed by atoms with van der Waals surface area (Å²) < 4.78 is 20.3. The molecule has 0 aliphatic carbocycles. The van der Waals surface area contributed by atoms with Gasteiger partial charge in [0, 0.05) is 68.5 Å². The van der Waals surface area contributed by atoms with Gasteiger partial charge in [0.1, 0.15) is 18.0 Å². The Morgan fingerprint density at radius 2 is 1.93 bits per heavy atom. The quantitative estimate of drug-likeness (QED) is 0.252. The van der Waals surface area contributed by atoms with Crippen LogP contribution in [0.5, 0.6) is 6.01 Å². The average Bonchev–Trinajstić information content (AvgIpc) is 3.02. The molecule has 12 heteroatoms. The van der Waals surface area contributed by atoms with E-state index in [1.165, 1.54) is 4.90 Å². The van der Waals surface area contributed by atoms with Crippen molar-refractivity contribution in [3.05, 3.63) is 76.5 Å². The van der Waals surface area contributed by atoms with Crippen molar-refractivity contribution in [1.29, 1.82) is 0 Å². The lowest BCUT2D eigenvalue weighted by molar-refractivity contribution is -0.131. The van der Waals surface area contributed by atoms with Gasteiger partial charge in [-0.05, 0) is 45.0 Å². The summed E-state index contributed by atoms with van der Waals surface area (Å²) in [7, 11) is 4.24. The number of carbonyl (C=O) groups is 1. The maximum Gasteiger partial charge on any atom is 0.318 e. The van der Waals surface area contributed by atoms with E-state index in [9.17, 15) is 9.18 Å². The topological polar surface area (TPSA) is 72.6 Å². The third kappa shape index (κ3) is 6.47. The number of benzene rings is 2. The van der Waals surface area contributed by atoms with Gasteiger partial charge in [0.2, 0.25) is 6.54 Å². The Hall–Kier alpha value is -3.98. The maximum atomic E-state index is 13.9. The minimum absolute atomic E-state index is 0.0570. The van der Waals surface area contributed by atoms with Gasteiger partial charge in [0.15, 0.2) is 5.83 Å². The molecule has 3 aliphatic rings. The van der Waals surface area contributed by atoms with Crippen molar-refractivity contribution in [2.45, 2.75) is 38.1 Å². The second-order valence-electron chi connectivity index (χ2n) is 12.6. The van der Waals surface area contributed by atoms with Gasteiger partial charge in [0.05, 0.1) is 17.3 Å². The molecule has 46 heavy (non-hydrogen) atoms. The zero-order chi connectivity index (χ0) is 32.5. The van der Waals surface area contributed by atoms with Crippen LogP contribution in [0.4, 0.5) is 15.9 Å². The minimum atomic E-state index is -1.01. The van der Waals surface area contributed by atoms with Crippen molar-refractivity contribution in [2.24, 2.45) is 0 Å². The van der Waals surface area contributed by atoms with Crippen LogP contribution < -0.4 is 14.5 Å². The molecule has 0 saturated carbocycles. The van der Waals surface area contributed by atoms with Crippen molar-refractivity contribution in [2.75, 3.05) is 76.3 Å². The van der Waals surface area contributed by atoms with Gasteiger partial charge in [-0.15, -0.1) is 0 Å². The lowest BCUT2D eigenvalue weighted by Gasteiger charge is -2.42. The number of hydrogen-bond acceptors (Lipinski definition) is 8. The highest BCUT2D eigenvalue weighted by Gasteiger charge is 2.36. The minimum Gasteiger partial charge on any atom is -0.459 e. The Labute approximate surface area is 274 Å². The number of piperazine rings is 1. The number of aromatic nitrogens is 2. The fourth-order valence-corrected chi connectivity index (χ4v) is 7.18. The first kappa shape index (κ1) is 32.0.